The van der Waals surface area contributed by atoms with Gasteiger partial charge in [-0.1, -0.05) is 0 Å². The molecule has 1 saturated heterocycles. The third-order valence-electron chi connectivity index (χ3n) is 4.15. The molecule has 1 amide bonds. The van der Waals surface area contributed by atoms with Crippen molar-refractivity contribution >= 4 is 15.9 Å². The van der Waals surface area contributed by atoms with Gasteiger partial charge in [0.15, 0.2) is 0 Å². The molecule has 1 aromatic carbocycles. The van der Waals surface area contributed by atoms with Crippen molar-refractivity contribution in [2.24, 2.45) is 0 Å². The monoisotopic (exact) mass is 375 g/mol. The van der Waals surface area contributed by atoms with Crippen molar-refractivity contribution in [2.45, 2.75) is 30.4 Å². The number of rotatable bonds is 7. The molecule has 1 aliphatic heterocycles. The minimum atomic E-state index is -3.61. The van der Waals surface area contributed by atoms with Gasteiger partial charge in [0.1, 0.15) is 0 Å². The van der Waals surface area contributed by atoms with Gasteiger partial charge in [0.25, 0.3) is 5.91 Å². The van der Waals surface area contributed by atoms with Gasteiger partial charge >= 0.3 is 0 Å². The zero-order valence-corrected chi connectivity index (χ0v) is 15.0. The zero-order valence-electron chi connectivity index (χ0n) is 14.2. The molecule has 0 radical (unpaired) electrons. The van der Waals surface area contributed by atoms with Crippen LogP contribution in [0, 0.1) is 0 Å². The first kappa shape index (κ1) is 18.5. The molecule has 2 heterocycles. The predicted molar refractivity (Wildman–Crippen MR) is 96.0 cm³/mol. The standard InChI is InChI=1S/C18H21N3O4S/c22-18(20-12-14-7-9-19-10-8-14)15-3-5-17(6-4-15)26(23,24)21-13-16-2-1-11-25-16/h3-10,16,21H,1-2,11-13H2,(H,20,22). The summed E-state index contributed by atoms with van der Waals surface area (Å²) in [7, 11) is -3.61. The summed E-state index contributed by atoms with van der Waals surface area (Å²) < 4.78 is 32.6. The second-order valence-electron chi connectivity index (χ2n) is 6.05. The highest BCUT2D eigenvalue weighted by Crippen LogP contribution is 2.14. The molecule has 3 rings (SSSR count). The van der Waals surface area contributed by atoms with Crippen molar-refractivity contribution in [1.82, 2.24) is 15.0 Å². The quantitative estimate of drug-likeness (QED) is 0.764. The number of carbonyl (C=O) groups is 1. The first-order valence-electron chi connectivity index (χ1n) is 8.43. The SMILES string of the molecule is O=C(NCc1ccncc1)c1ccc(S(=O)(=O)NCC2CCCO2)cc1. The number of amides is 1. The van der Waals surface area contributed by atoms with Crippen LogP contribution >= 0.6 is 0 Å². The van der Waals surface area contributed by atoms with E-state index in [1.807, 2.05) is 12.1 Å². The van der Waals surface area contributed by atoms with E-state index >= 15 is 0 Å². The summed E-state index contributed by atoms with van der Waals surface area (Å²) in [5, 5.41) is 2.79. The van der Waals surface area contributed by atoms with Gasteiger partial charge in [0.2, 0.25) is 10.0 Å². The first-order chi connectivity index (χ1) is 12.5. The van der Waals surface area contributed by atoms with Gasteiger partial charge in [-0.05, 0) is 54.8 Å². The molecule has 0 bridgehead atoms. The minimum Gasteiger partial charge on any atom is -0.377 e. The van der Waals surface area contributed by atoms with Crippen molar-refractivity contribution in [3.05, 3.63) is 59.9 Å². The average molecular weight is 375 g/mol. The Labute approximate surface area is 152 Å². The van der Waals surface area contributed by atoms with Crippen LogP contribution in [0.3, 0.4) is 0 Å². The Morgan fingerprint density at radius 2 is 1.88 bits per heavy atom. The van der Waals surface area contributed by atoms with Crippen LogP contribution in [0.25, 0.3) is 0 Å². The number of aromatic nitrogens is 1. The maximum Gasteiger partial charge on any atom is 0.251 e. The smallest absolute Gasteiger partial charge is 0.251 e. The molecule has 1 atom stereocenters. The topological polar surface area (TPSA) is 97.4 Å². The van der Waals surface area contributed by atoms with Crippen molar-refractivity contribution in [2.75, 3.05) is 13.2 Å². The minimum absolute atomic E-state index is 0.0667. The molecule has 1 aliphatic rings. The van der Waals surface area contributed by atoms with Gasteiger partial charge in [0.05, 0.1) is 11.0 Å². The molecule has 7 nitrogen and oxygen atoms in total. The Balaban J connectivity index is 1.57. The van der Waals surface area contributed by atoms with Crippen LogP contribution in [0.4, 0.5) is 0 Å². The highest BCUT2D eigenvalue weighted by molar-refractivity contribution is 7.89. The van der Waals surface area contributed by atoms with Crippen LogP contribution in [0.15, 0.2) is 53.7 Å². The molecular weight excluding hydrogens is 354 g/mol. The Morgan fingerprint density at radius 1 is 1.15 bits per heavy atom. The average Bonchev–Trinajstić information content (AvgIpc) is 3.19. The summed E-state index contributed by atoms with van der Waals surface area (Å²) in [6.45, 7) is 1.32. The van der Waals surface area contributed by atoms with Gasteiger partial charge in [-0.15, -0.1) is 0 Å². The van der Waals surface area contributed by atoms with Crippen molar-refractivity contribution < 1.29 is 17.9 Å². The summed E-state index contributed by atoms with van der Waals surface area (Å²) in [6, 6.07) is 9.49. The number of nitrogens with zero attached hydrogens (tertiary/aromatic N) is 1. The Kier molecular flexibility index (Phi) is 5.97. The lowest BCUT2D eigenvalue weighted by Crippen LogP contribution is -2.31. The summed E-state index contributed by atoms with van der Waals surface area (Å²) in [6.07, 6.45) is 5.06. The highest BCUT2D eigenvalue weighted by Gasteiger charge is 2.20. The number of benzene rings is 1. The molecule has 0 saturated carbocycles. The molecule has 2 aromatic rings. The molecule has 1 aromatic heterocycles. The lowest BCUT2D eigenvalue weighted by molar-refractivity contribution is 0.0950. The second kappa shape index (κ2) is 8.39. The van der Waals surface area contributed by atoms with E-state index in [9.17, 15) is 13.2 Å². The normalized spacial score (nSPS) is 17.2. The number of ether oxygens (including phenoxy) is 1. The molecule has 1 fully saturated rings. The maximum absolute atomic E-state index is 12.3. The number of hydrogen-bond donors (Lipinski definition) is 2. The Hall–Kier alpha value is -2.29. The zero-order chi connectivity index (χ0) is 18.4. The highest BCUT2D eigenvalue weighted by atomic mass is 32.2. The number of nitrogens with one attached hydrogen (secondary N) is 2. The third-order valence-corrected chi connectivity index (χ3v) is 5.59. The van der Waals surface area contributed by atoms with E-state index in [1.165, 1.54) is 24.3 Å². The van der Waals surface area contributed by atoms with Crippen molar-refractivity contribution in [1.29, 1.82) is 0 Å². The fourth-order valence-electron chi connectivity index (χ4n) is 2.66. The maximum atomic E-state index is 12.3. The van der Waals surface area contributed by atoms with E-state index in [2.05, 4.69) is 15.0 Å². The van der Waals surface area contributed by atoms with E-state index in [0.29, 0.717) is 18.7 Å². The number of hydrogen-bond acceptors (Lipinski definition) is 5. The third kappa shape index (κ3) is 4.87. The van der Waals surface area contributed by atoms with Crippen LogP contribution in [-0.4, -0.2) is 38.6 Å². The molecule has 0 aliphatic carbocycles. The number of sulfonamides is 1. The van der Waals surface area contributed by atoms with Gasteiger partial charge in [-0.2, -0.15) is 0 Å². The fourth-order valence-corrected chi connectivity index (χ4v) is 3.73. The summed E-state index contributed by atoms with van der Waals surface area (Å²) >= 11 is 0. The van der Waals surface area contributed by atoms with E-state index in [-0.39, 0.29) is 23.5 Å². The summed E-state index contributed by atoms with van der Waals surface area (Å²) in [5.41, 5.74) is 1.34. The summed E-state index contributed by atoms with van der Waals surface area (Å²) in [4.78, 5) is 16.2. The molecule has 0 spiro atoms. The molecule has 1 unspecified atom stereocenters. The van der Waals surface area contributed by atoms with Crippen LogP contribution in [0.2, 0.25) is 0 Å². The Morgan fingerprint density at radius 3 is 2.54 bits per heavy atom. The lowest BCUT2D eigenvalue weighted by Gasteiger charge is -2.12. The van der Waals surface area contributed by atoms with Gasteiger partial charge in [0, 0.05) is 37.7 Å². The molecule has 2 N–H and O–H groups in total. The van der Waals surface area contributed by atoms with Crippen LogP contribution in [0.1, 0.15) is 28.8 Å². The predicted octanol–water partition coefficient (Wildman–Crippen LogP) is 1.47. The first-order valence-corrected chi connectivity index (χ1v) is 9.91. The van der Waals surface area contributed by atoms with E-state index in [1.54, 1.807) is 12.4 Å². The lowest BCUT2D eigenvalue weighted by atomic mass is 10.2. The van der Waals surface area contributed by atoms with Crippen molar-refractivity contribution in [3.8, 4) is 0 Å². The largest absolute Gasteiger partial charge is 0.377 e. The van der Waals surface area contributed by atoms with Gasteiger partial charge < -0.3 is 10.1 Å². The number of carbonyl (C=O) groups excluding carboxylic acids is 1. The van der Waals surface area contributed by atoms with Crippen LogP contribution in [0.5, 0.6) is 0 Å². The Bertz CT molecular complexity index is 832. The van der Waals surface area contributed by atoms with Gasteiger partial charge in [-0.3, -0.25) is 9.78 Å². The van der Waals surface area contributed by atoms with E-state index in [0.717, 1.165) is 18.4 Å². The molecular formula is C18H21N3O4S. The van der Waals surface area contributed by atoms with E-state index < -0.39 is 10.0 Å². The second-order valence-corrected chi connectivity index (χ2v) is 7.82. The fraction of sp³-hybridized carbons (Fsp3) is 0.333. The number of pyridine rings is 1. The van der Waals surface area contributed by atoms with E-state index in [4.69, 9.17) is 4.74 Å². The van der Waals surface area contributed by atoms with Gasteiger partial charge in [-0.25, -0.2) is 13.1 Å². The molecule has 8 heteroatoms. The van der Waals surface area contributed by atoms with Crippen molar-refractivity contribution in [3.63, 3.8) is 0 Å². The molecule has 138 valence electrons. The van der Waals surface area contributed by atoms with Crippen LogP contribution < -0.4 is 10.0 Å². The van der Waals surface area contributed by atoms with Crippen LogP contribution in [-0.2, 0) is 21.3 Å². The molecule has 26 heavy (non-hydrogen) atoms. The summed E-state index contributed by atoms with van der Waals surface area (Å²) in [5.74, 6) is -0.266.